The summed E-state index contributed by atoms with van der Waals surface area (Å²) in [6.45, 7) is 2.17. The van der Waals surface area contributed by atoms with Gasteiger partial charge in [0.25, 0.3) is 0 Å². The molecule has 1 aliphatic heterocycles. The van der Waals surface area contributed by atoms with Crippen molar-refractivity contribution in [2.75, 3.05) is 0 Å². The maximum Gasteiger partial charge on any atom is 0.137 e. The summed E-state index contributed by atoms with van der Waals surface area (Å²) in [5.41, 5.74) is 4.75. The lowest BCUT2D eigenvalue weighted by molar-refractivity contribution is 0.0859. The van der Waals surface area contributed by atoms with Crippen LogP contribution in [0.2, 0.25) is 5.02 Å². The Hall–Kier alpha value is -1.80. The topological polar surface area (TPSA) is 21.6 Å². The Morgan fingerprint density at radius 2 is 1.71 bits per heavy atom. The lowest BCUT2D eigenvalue weighted by Crippen LogP contribution is -2.11. The van der Waals surface area contributed by atoms with Crippen molar-refractivity contribution in [1.82, 2.24) is 0 Å². The number of hydrogen-bond acceptors (Lipinski definition) is 2. The van der Waals surface area contributed by atoms with Crippen LogP contribution in [0.25, 0.3) is 0 Å². The second-order valence-electron chi connectivity index (χ2n) is 5.35. The first-order valence-corrected chi connectivity index (χ1v) is 7.69. The molecule has 0 spiro atoms. The van der Waals surface area contributed by atoms with E-state index in [9.17, 15) is 0 Å². The van der Waals surface area contributed by atoms with E-state index in [1.807, 2.05) is 24.3 Å². The highest BCUT2D eigenvalue weighted by Gasteiger charge is 2.22. The smallest absolute Gasteiger partial charge is 0.137 e. The first-order chi connectivity index (χ1) is 10.2. The van der Waals surface area contributed by atoms with Gasteiger partial charge in [-0.2, -0.15) is 0 Å². The van der Waals surface area contributed by atoms with Crippen LogP contribution in [0.15, 0.2) is 53.7 Å². The number of hydrogen-bond donors (Lipinski definition) is 0. The van der Waals surface area contributed by atoms with E-state index in [4.69, 9.17) is 16.4 Å². The zero-order valence-corrected chi connectivity index (χ0v) is 12.8. The van der Waals surface area contributed by atoms with Gasteiger partial charge in [-0.1, -0.05) is 60.1 Å². The Bertz CT molecular complexity index is 631. The van der Waals surface area contributed by atoms with Gasteiger partial charge in [-0.3, -0.25) is 0 Å². The van der Waals surface area contributed by atoms with Crippen LogP contribution in [0.5, 0.6) is 0 Å². The van der Waals surface area contributed by atoms with Crippen molar-refractivity contribution in [3.8, 4) is 0 Å². The largest absolute Gasteiger partial charge is 0.391 e. The minimum absolute atomic E-state index is 0.128. The Labute approximate surface area is 130 Å². The van der Waals surface area contributed by atoms with E-state index in [0.717, 1.165) is 35.6 Å². The van der Waals surface area contributed by atoms with Crippen LogP contribution in [0, 0.1) is 0 Å². The molecule has 2 aromatic rings. The Morgan fingerprint density at radius 1 is 1.05 bits per heavy atom. The molecule has 2 aromatic carbocycles. The van der Waals surface area contributed by atoms with E-state index in [-0.39, 0.29) is 6.10 Å². The number of benzene rings is 2. The zero-order chi connectivity index (χ0) is 14.7. The predicted octanol–water partition coefficient (Wildman–Crippen LogP) is 4.64. The molecule has 0 radical (unpaired) electrons. The molecule has 3 rings (SSSR count). The van der Waals surface area contributed by atoms with E-state index < -0.39 is 0 Å². The molecule has 3 heteroatoms. The highest BCUT2D eigenvalue weighted by molar-refractivity contribution is 6.30. The molecule has 1 aliphatic rings. The lowest BCUT2D eigenvalue weighted by Gasteiger charge is -2.08. The Kier molecular flexibility index (Phi) is 4.26. The molecular formula is C18H18ClNO. The van der Waals surface area contributed by atoms with Crippen LogP contribution < -0.4 is 0 Å². The quantitative estimate of drug-likeness (QED) is 0.806. The molecule has 0 unspecified atom stereocenters. The molecular weight excluding hydrogens is 282 g/mol. The van der Waals surface area contributed by atoms with Crippen molar-refractivity contribution in [2.24, 2.45) is 5.16 Å². The van der Waals surface area contributed by atoms with Gasteiger partial charge < -0.3 is 4.84 Å². The standard InChI is InChI=1S/C18H18ClNO/c1-2-13-3-5-14(6-4-13)11-17-12-18(20-21-17)15-7-9-16(19)10-8-15/h3-10,17H,2,11-12H2,1H3/t17-/m0/s1. The van der Waals surface area contributed by atoms with Gasteiger partial charge >= 0.3 is 0 Å². The van der Waals surface area contributed by atoms with E-state index in [1.54, 1.807) is 0 Å². The van der Waals surface area contributed by atoms with Gasteiger partial charge in [0.1, 0.15) is 6.10 Å². The highest BCUT2D eigenvalue weighted by atomic mass is 35.5. The molecule has 0 N–H and O–H groups in total. The van der Waals surface area contributed by atoms with Crippen molar-refractivity contribution in [3.63, 3.8) is 0 Å². The van der Waals surface area contributed by atoms with Crippen molar-refractivity contribution >= 4 is 17.3 Å². The summed E-state index contributed by atoms with van der Waals surface area (Å²) in [6.07, 6.45) is 2.94. The average Bonchev–Trinajstić information content (AvgIpc) is 2.97. The number of aryl methyl sites for hydroxylation is 1. The van der Waals surface area contributed by atoms with Gasteiger partial charge in [0.15, 0.2) is 0 Å². The first-order valence-electron chi connectivity index (χ1n) is 7.31. The van der Waals surface area contributed by atoms with Crippen LogP contribution in [-0.2, 0) is 17.7 Å². The molecule has 0 aromatic heterocycles. The normalized spacial score (nSPS) is 17.4. The molecule has 1 heterocycles. The summed E-state index contributed by atoms with van der Waals surface area (Å²) >= 11 is 5.91. The minimum atomic E-state index is 0.128. The van der Waals surface area contributed by atoms with Crippen LogP contribution in [0.4, 0.5) is 0 Å². The van der Waals surface area contributed by atoms with Crippen LogP contribution in [0.1, 0.15) is 30.0 Å². The summed E-state index contributed by atoms with van der Waals surface area (Å²) in [6, 6.07) is 16.5. The maximum absolute atomic E-state index is 5.91. The Morgan fingerprint density at radius 3 is 2.38 bits per heavy atom. The lowest BCUT2D eigenvalue weighted by atomic mass is 9.99. The zero-order valence-electron chi connectivity index (χ0n) is 12.1. The van der Waals surface area contributed by atoms with Gasteiger partial charge in [0, 0.05) is 17.9 Å². The summed E-state index contributed by atoms with van der Waals surface area (Å²) in [5, 5.41) is 4.96. The third-order valence-electron chi connectivity index (χ3n) is 3.81. The van der Waals surface area contributed by atoms with Gasteiger partial charge in [-0.15, -0.1) is 0 Å². The molecule has 21 heavy (non-hydrogen) atoms. The fraction of sp³-hybridized carbons (Fsp3) is 0.278. The monoisotopic (exact) mass is 299 g/mol. The molecule has 1 atom stereocenters. The fourth-order valence-corrected chi connectivity index (χ4v) is 2.65. The van der Waals surface area contributed by atoms with Gasteiger partial charge in [0.2, 0.25) is 0 Å². The number of nitrogens with zero attached hydrogens (tertiary/aromatic N) is 1. The summed E-state index contributed by atoms with van der Waals surface area (Å²) in [5.74, 6) is 0. The van der Waals surface area contributed by atoms with E-state index in [2.05, 4.69) is 36.3 Å². The predicted molar refractivity (Wildman–Crippen MR) is 87.0 cm³/mol. The SMILES string of the molecule is CCc1ccc(C[C@H]2CC(c3ccc(Cl)cc3)=NO2)cc1. The third-order valence-corrected chi connectivity index (χ3v) is 4.06. The van der Waals surface area contributed by atoms with Crippen molar-refractivity contribution in [2.45, 2.75) is 32.3 Å². The highest BCUT2D eigenvalue weighted by Crippen LogP contribution is 2.21. The van der Waals surface area contributed by atoms with Crippen molar-refractivity contribution in [1.29, 1.82) is 0 Å². The summed E-state index contributed by atoms with van der Waals surface area (Å²) < 4.78 is 0. The van der Waals surface area contributed by atoms with E-state index >= 15 is 0 Å². The van der Waals surface area contributed by atoms with E-state index in [0.29, 0.717) is 0 Å². The summed E-state index contributed by atoms with van der Waals surface area (Å²) in [4.78, 5) is 5.57. The van der Waals surface area contributed by atoms with Gasteiger partial charge in [-0.25, -0.2) is 0 Å². The summed E-state index contributed by atoms with van der Waals surface area (Å²) in [7, 11) is 0. The molecule has 0 saturated carbocycles. The number of oxime groups is 1. The molecule has 0 aliphatic carbocycles. The fourth-order valence-electron chi connectivity index (χ4n) is 2.52. The molecule has 0 bridgehead atoms. The van der Waals surface area contributed by atoms with Crippen molar-refractivity contribution < 1.29 is 4.84 Å². The number of halogens is 1. The minimum Gasteiger partial charge on any atom is -0.391 e. The van der Waals surface area contributed by atoms with Gasteiger partial charge in [-0.05, 0) is 35.2 Å². The Balaban J connectivity index is 1.61. The second-order valence-corrected chi connectivity index (χ2v) is 5.79. The number of rotatable bonds is 4. The second kappa shape index (κ2) is 6.31. The van der Waals surface area contributed by atoms with Crippen LogP contribution in [-0.4, -0.2) is 11.8 Å². The maximum atomic E-state index is 5.91. The van der Waals surface area contributed by atoms with Gasteiger partial charge in [0.05, 0.1) is 5.71 Å². The molecule has 0 saturated heterocycles. The molecule has 2 nitrogen and oxygen atoms in total. The molecule has 0 fully saturated rings. The van der Waals surface area contributed by atoms with Crippen LogP contribution >= 0.6 is 11.6 Å². The first kappa shape index (κ1) is 14.2. The average molecular weight is 300 g/mol. The van der Waals surface area contributed by atoms with Crippen LogP contribution in [0.3, 0.4) is 0 Å². The molecule has 0 amide bonds. The third kappa shape index (κ3) is 3.45. The van der Waals surface area contributed by atoms with Crippen molar-refractivity contribution in [3.05, 3.63) is 70.2 Å². The van der Waals surface area contributed by atoms with E-state index in [1.165, 1.54) is 11.1 Å². The molecule has 108 valence electrons.